The third-order valence-electron chi connectivity index (χ3n) is 10.2. The van der Waals surface area contributed by atoms with Gasteiger partial charge in [0.05, 0.1) is 0 Å². The average Bonchev–Trinajstić information content (AvgIpc) is 3.44. The van der Waals surface area contributed by atoms with Crippen LogP contribution >= 0.6 is 0 Å². The maximum atomic E-state index is 2.83. The van der Waals surface area contributed by atoms with Gasteiger partial charge in [-0.3, -0.25) is 0 Å². The summed E-state index contributed by atoms with van der Waals surface area (Å²) < 4.78 is 5.10. The maximum Gasteiger partial charge on any atom is -1.00 e. The van der Waals surface area contributed by atoms with E-state index >= 15 is 0 Å². The third kappa shape index (κ3) is 7.95. The summed E-state index contributed by atoms with van der Waals surface area (Å²) in [7, 11) is 0. The van der Waals surface area contributed by atoms with E-state index in [4.69, 9.17) is 0 Å². The van der Waals surface area contributed by atoms with E-state index in [0.29, 0.717) is 9.54 Å². The number of allylic oxidation sites excluding steroid dienone is 4. The van der Waals surface area contributed by atoms with Gasteiger partial charge in [-0.05, 0) is 0 Å². The van der Waals surface area contributed by atoms with Crippen LogP contribution in [0, 0.1) is 11.3 Å². The zero-order chi connectivity index (χ0) is 33.3. The molecule has 2 aliphatic carbocycles. The Morgan fingerprint density at radius 3 is 1.40 bits per heavy atom. The molecule has 0 bridgehead atoms. The van der Waals surface area contributed by atoms with E-state index in [1.54, 1.807) is 22.3 Å². The summed E-state index contributed by atoms with van der Waals surface area (Å²) in [6, 6.07) is 24.5. The summed E-state index contributed by atoms with van der Waals surface area (Å²) in [6.45, 7) is 33.3. The summed E-state index contributed by atoms with van der Waals surface area (Å²) in [4.78, 5) is 0. The van der Waals surface area contributed by atoms with E-state index in [2.05, 4.69) is 167 Å². The first-order valence-electron chi connectivity index (χ1n) is 17.3. The molecule has 0 aliphatic heterocycles. The summed E-state index contributed by atoms with van der Waals surface area (Å²) in [6.07, 6.45) is 3.75. The van der Waals surface area contributed by atoms with Crippen LogP contribution in [0.15, 0.2) is 81.2 Å². The smallest absolute Gasteiger partial charge is 1.00 e. The fourth-order valence-corrected chi connectivity index (χ4v) is 16.3. The summed E-state index contributed by atoms with van der Waals surface area (Å²) in [5.41, 5.74) is 15.6. The van der Waals surface area contributed by atoms with Crippen molar-refractivity contribution in [1.82, 2.24) is 0 Å². The number of hydrogen-bond acceptors (Lipinski definition) is 0. The number of hydrogen-bond donors (Lipinski definition) is 0. The number of fused-ring (bicyclic) bond motifs is 3. The van der Waals surface area contributed by atoms with Gasteiger partial charge < -0.3 is 24.8 Å². The minimum absolute atomic E-state index is 0. The molecule has 0 heterocycles. The molecule has 0 spiro atoms. The van der Waals surface area contributed by atoms with E-state index in [-0.39, 0.29) is 46.5 Å². The van der Waals surface area contributed by atoms with Crippen LogP contribution in [-0.4, -0.2) is 3.71 Å². The molecule has 1 unspecified atom stereocenters. The number of benzene rings is 3. The van der Waals surface area contributed by atoms with Gasteiger partial charge in [0.15, 0.2) is 0 Å². The minimum atomic E-state index is -2.63. The Bertz CT molecular complexity index is 1640. The van der Waals surface area contributed by atoms with Crippen molar-refractivity contribution in [2.75, 3.05) is 0 Å². The van der Waals surface area contributed by atoms with Gasteiger partial charge in [0, 0.05) is 0 Å². The normalized spacial score (nSPS) is 16.8. The Morgan fingerprint density at radius 1 is 0.596 bits per heavy atom. The molecule has 0 saturated heterocycles. The standard InChI is InChI=1S/C21H25.C12H19.C11H14.2ClH.Zr/c1-20(2,3)16-7-9-18-14(12-16)11-15-13-17(21(4,5)6)8-10-19(15)18;1-6-10-7-9(2)8-11(10)12(3,4)5;1-9-5-7-10(8-6-9)11(2,3)4;;;/h7-13H,1-6H3;8-9H,6H2,1-5H3;1,5-8H,2-4H3;2*1H;/q;;;;;+2/p-2. The first-order chi connectivity index (χ1) is 20.7. The molecule has 0 radical (unpaired) electrons. The van der Waals surface area contributed by atoms with Gasteiger partial charge in [0.25, 0.3) is 0 Å². The third-order valence-corrected chi connectivity index (χ3v) is 18.2. The molecular weight excluding hydrogens is 691 g/mol. The van der Waals surface area contributed by atoms with Gasteiger partial charge in [-0.1, -0.05) is 0 Å². The zero-order valence-corrected chi connectivity index (χ0v) is 35.5. The number of halogens is 2. The van der Waals surface area contributed by atoms with E-state index in [1.165, 1.54) is 33.4 Å². The Morgan fingerprint density at radius 2 is 1.02 bits per heavy atom. The van der Waals surface area contributed by atoms with Crippen LogP contribution in [0.4, 0.5) is 0 Å². The fourth-order valence-electron chi connectivity index (χ4n) is 7.48. The van der Waals surface area contributed by atoms with Crippen LogP contribution in [0.5, 0.6) is 0 Å². The first kappa shape index (κ1) is 39.9. The fraction of sp³-hybridized carbons (Fsp3) is 0.477. The van der Waals surface area contributed by atoms with E-state index in [1.807, 2.05) is 3.28 Å². The second kappa shape index (κ2) is 14.0. The second-order valence-corrected chi connectivity index (χ2v) is 23.6. The minimum Gasteiger partial charge on any atom is -1.00 e. The molecule has 0 N–H and O–H groups in total. The predicted octanol–water partition coefficient (Wildman–Crippen LogP) is 6.41. The zero-order valence-electron chi connectivity index (χ0n) is 31.5. The monoisotopic (exact) mass is 746 g/mol. The molecule has 5 rings (SSSR count). The van der Waals surface area contributed by atoms with Crippen molar-refractivity contribution in [3.63, 3.8) is 0 Å². The maximum absolute atomic E-state index is 2.83. The average molecular weight is 749 g/mol. The molecule has 0 amide bonds. The van der Waals surface area contributed by atoms with Gasteiger partial charge in [-0.15, -0.1) is 0 Å². The Balaban J connectivity index is 0.00000300. The SMILES string of the molecule is CCC1=[C](/[Zr+2](=[CH]\c2ccc(C(C)(C)C)cc2)[CH]2c3cc(C(C)(C)C)ccc3-c3ccc(C(C)(C)C)cc32)C(C)C=C1C(C)(C)C.[Cl-].[Cl-]. The van der Waals surface area contributed by atoms with Crippen molar-refractivity contribution >= 4 is 3.71 Å². The molecular formula is C44H58Cl2Zr. The van der Waals surface area contributed by atoms with Crippen molar-refractivity contribution in [3.8, 4) is 11.1 Å². The number of rotatable bonds is 4. The topological polar surface area (TPSA) is 0 Å². The molecule has 0 aromatic heterocycles. The van der Waals surface area contributed by atoms with Gasteiger partial charge in [-0.25, -0.2) is 0 Å². The van der Waals surface area contributed by atoms with Crippen molar-refractivity contribution in [1.29, 1.82) is 0 Å². The van der Waals surface area contributed by atoms with Gasteiger partial charge in [0.2, 0.25) is 0 Å². The largest absolute Gasteiger partial charge is 1.00 e. The summed E-state index contributed by atoms with van der Waals surface area (Å²) in [5, 5.41) is 0. The first-order valence-corrected chi connectivity index (χ1v) is 21.4. The molecule has 252 valence electrons. The van der Waals surface area contributed by atoms with E-state index in [0.717, 1.165) is 6.42 Å². The van der Waals surface area contributed by atoms with Crippen LogP contribution in [0.1, 0.15) is 140 Å². The molecule has 0 saturated carbocycles. The summed E-state index contributed by atoms with van der Waals surface area (Å²) >= 11 is -2.63. The molecule has 0 nitrogen and oxygen atoms in total. The molecule has 1 atom stereocenters. The van der Waals surface area contributed by atoms with Crippen LogP contribution in [0.25, 0.3) is 11.1 Å². The van der Waals surface area contributed by atoms with Crippen LogP contribution in [0.2, 0.25) is 0 Å². The van der Waals surface area contributed by atoms with Gasteiger partial charge in [-0.2, -0.15) is 0 Å². The van der Waals surface area contributed by atoms with Crippen molar-refractivity contribution in [2.45, 2.75) is 123 Å². The van der Waals surface area contributed by atoms with Crippen LogP contribution < -0.4 is 24.8 Å². The van der Waals surface area contributed by atoms with Gasteiger partial charge >= 0.3 is 285 Å². The summed E-state index contributed by atoms with van der Waals surface area (Å²) in [5.74, 6) is 0.484. The Kier molecular flexibility index (Phi) is 11.9. The van der Waals surface area contributed by atoms with Crippen molar-refractivity contribution < 1.29 is 46.1 Å². The molecule has 0 fully saturated rings. The van der Waals surface area contributed by atoms with E-state index in [9.17, 15) is 0 Å². The Labute approximate surface area is 307 Å². The van der Waals surface area contributed by atoms with Crippen molar-refractivity contribution in [3.05, 3.63) is 115 Å². The molecule has 47 heavy (non-hydrogen) atoms. The molecule has 3 aromatic rings. The molecule has 3 aromatic carbocycles. The molecule has 2 aliphatic rings. The quantitative estimate of drug-likeness (QED) is 0.290. The predicted molar refractivity (Wildman–Crippen MR) is 195 cm³/mol. The van der Waals surface area contributed by atoms with Gasteiger partial charge in [0.1, 0.15) is 0 Å². The van der Waals surface area contributed by atoms with Crippen LogP contribution in [0.3, 0.4) is 0 Å². The second-order valence-electron chi connectivity index (χ2n) is 17.9. The molecule has 3 heteroatoms. The Hall–Kier alpha value is -1.53. The van der Waals surface area contributed by atoms with Crippen molar-refractivity contribution in [2.24, 2.45) is 11.3 Å². The van der Waals surface area contributed by atoms with E-state index < -0.39 is 21.3 Å². The van der Waals surface area contributed by atoms with Crippen LogP contribution in [-0.2, 0) is 37.5 Å².